The summed E-state index contributed by atoms with van der Waals surface area (Å²) in [4.78, 5) is 13.8. The summed E-state index contributed by atoms with van der Waals surface area (Å²) in [5.41, 5.74) is 1.43. The Hall–Kier alpha value is -2.35. The van der Waals surface area contributed by atoms with Crippen molar-refractivity contribution < 1.29 is 4.79 Å². The minimum atomic E-state index is -0.0973. The average Bonchev–Trinajstić information content (AvgIpc) is 2.84. The third-order valence-corrected chi connectivity index (χ3v) is 3.06. The van der Waals surface area contributed by atoms with Gasteiger partial charge in [-0.2, -0.15) is 10.4 Å². The zero-order chi connectivity index (χ0) is 13.1. The quantitative estimate of drug-likeness (QED) is 0.893. The third-order valence-electron chi connectivity index (χ3n) is 3.06. The van der Waals surface area contributed by atoms with E-state index in [1.807, 2.05) is 13.0 Å². The van der Waals surface area contributed by atoms with Crippen LogP contribution in [0, 0.1) is 11.3 Å². The Labute approximate surface area is 105 Å². The predicted octanol–water partition coefficient (Wildman–Crippen LogP) is 1.94. The molecule has 0 radical (unpaired) electrons. The van der Waals surface area contributed by atoms with Crippen molar-refractivity contribution in [2.75, 3.05) is 7.05 Å². The van der Waals surface area contributed by atoms with E-state index in [0.717, 1.165) is 10.9 Å². The summed E-state index contributed by atoms with van der Waals surface area (Å²) in [6, 6.07) is 7.38. The lowest BCUT2D eigenvalue weighted by atomic mass is 10.1. The van der Waals surface area contributed by atoms with Gasteiger partial charge in [-0.15, -0.1) is 0 Å². The van der Waals surface area contributed by atoms with Crippen molar-refractivity contribution in [3.8, 4) is 6.07 Å². The predicted molar refractivity (Wildman–Crippen MR) is 67.9 cm³/mol. The Bertz CT molecular complexity index is 611. The van der Waals surface area contributed by atoms with E-state index in [-0.39, 0.29) is 11.9 Å². The molecular weight excluding hydrogens is 228 g/mol. The van der Waals surface area contributed by atoms with Gasteiger partial charge in [0.15, 0.2) is 0 Å². The average molecular weight is 242 g/mol. The number of amides is 1. The number of H-pyrrole nitrogens is 1. The van der Waals surface area contributed by atoms with Gasteiger partial charge in [-0.3, -0.25) is 9.89 Å². The molecule has 1 unspecified atom stereocenters. The van der Waals surface area contributed by atoms with Crippen LogP contribution >= 0.6 is 0 Å². The van der Waals surface area contributed by atoms with Crippen molar-refractivity contribution in [2.45, 2.75) is 19.4 Å². The van der Waals surface area contributed by atoms with Crippen LogP contribution < -0.4 is 0 Å². The molecule has 0 bridgehead atoms. The van der Waals surface area contributed by atoms with Crippen LogP contribution in [0.25, 0.3) is 10.9 Å². The van der Waals surface area contributed by atoms with Crippen molar-refractivity contribution in [1.29, 1.82) is 5.26 Å². The van der Waals surface area contributed by atoms with Crippen molar-refractivity contribution in [2.24, 2.45) is 0 Å². The van der Waals surface area contributed by atoms with Crippen LogP contribution in [-0.4, -0.2) is 34.1 Å². The number of nitrogens with zero attached hydrogens (tertiary/aromatic N) is 3. The Morgan fingerprint density at radius 2 is 2.39 bits per heavy atom. The van der Waals surface area contributed by atoms with Crippen molar-refractivity contribution in [1.82, 2.24) is 15.1 Å². The fourth-order valence-corrected chi connectivity index (χ4v) is 1.74. The number of aromatic nitrogens is 2. The van der Waals surface area contributed by atoms with Gasteiger partial charge < -0.3 is 4.90 Å². The van der Waals surface area contributed by atoms with Crippen molar-refractivity contribution >= 4 is 16.8 Å². The molecule has 18 heavy (non-hydrogen) atoms. The molecule has 0 aliphatic carbocycles. The molecular formula is C13H14N4O. The molecule has 1 aromatic carbocycles. The normalized spacial score (nSPS) is 12.1. The number of carbonyl (C=O) groups excluding carboxylic acids is 1. The smallest absolute Gasteiger partial charge is 0.253 e. The van der Waals surface area contributed by atoms with E-state index >= 15 is 0 Å². The topological polar surface area (TPSA) is 72.8 Å². The highest BCUT2D eigenvalue weighted by Crippen LogP contribution is 2.15. The molecule has 0 aliphatic rings. The number of hydrogen-bond donors (Lipinski definition) is 1. The van der Waals surface area contributed by atoms with E-state index in [1.54, 1.807) is 30.3 Å². The number of benzene rings is 1. The van der Waals surface area contributed by atoms with Crippen LogP contribution in [0.3, 0.4) is 0 Å². The zero-order valence-electron chi connectivity index (χ0n) is 10.3. The fraction of sp³-hybridized carbons (Fsp3) is 0.308. The Morgan fingerprint density at radius 1 is 1.61 bits per heavy atom. The molecule has 0 fully saturated rings. The van der Waals surface area contributed by atoms with Gasteiger partial charge in [-0.25, -0.2) is 0 Å². The molecule has 0 aliphatic heterocycles. The van der Waals surface area contributed by atoms with Crippen molar-refractivity contribution in [3.63, 3.8) is 0 Å². The molecule has 5 nitrogen and oxygen atoms in total. The highest BCUT2D eigenvalue weighted by Gasteiger charge is 2.17. The summed E-state index contributed by atoms with van der Waals surface area (Å²) in [6.07, 6.45) is 2.04. The van der Waals surface area contributed by atoms with Crippen LogP contribution in [0.4, 0.5) is 0 Å². The standard InChI is InChI=1S/C13H14N4O/c1-9(5-6-14)17(2)13(18)10-3-4-11-8-15-16-12(11)7-10/h3-4,7-9H,5H2,1-2H3,(H,15,16). The first-order chi connectivity index (χ1) is 8.63. The molecule has 0 spiro atoms. The molecule has 0 saturated carbocycles. The van der Waals surface area contributed by atoms with Gasteiger partial charge in [0.2, 0.25) is 0 Å². The van der Waals surface area contributed by atoms with Crippen LogP contribution in [0.5, 0.6) is 0 Å². The molecule has 92 valence electrons. The molecule has 0 saturated heterocycles. The maximum Gasteiger partial charge on any atom is 0.253 e. The summed E-state index contributed by atoms with van der Waals surface area (Å²) >= 11 is 0. The van der Waals surface area contributed by atoms with Crippen LogP contribution in [0.1, 0.15) is 23.7 Å². The Morgan fingerprint density at radius 3 is 3.11 bits per heavy atom. The molecule has 1 atom stereocenters. The minimum absolute atomic E-state index is 0.0887. The van der Waals surface area contributed by atoms with Gasteiger partial charge in [0.25, 0.3) is 5.91 Å². The van der Waals surface area contributed by atoms with Gasteiger partial charge in [0.1, 0.15) is 0 Å². The van der Waals surface area contributed by atoms with E-state index in [0.29, 0.717) is 12.0 Å². The number of carbonyl (C=O) groups is 1. The molecule has 1 heterocycles. The maximum absolute atomic E-state index is 12.2. The summed E-state index contributed by atoms with van der Waals surface area (Å²) in [5, 5.41) is 16.4. The first-order valence-corrected chi connectivity index (χ1v) is 5.70. The number of nitrogens with one attached hydrogen (secondary N) is 1. The van der Waals surface area contributed by atoms with Gasteiger partial charge in [-0.1, -0.05) is 6.07 Å². The molecule has 2 aromatic rings. The summed E-state index contributed by atoms with van der Waals surface area (Å²) < 4.78 is 0. The summed E-state index contributed by atoms with van der Waals surface area (Å²) in [7, 11) is 1.71. The maximum atomic E-state index is 12.2. The number of rotatable bonds is 3. The third kappa shape index (κ3) is 2.18. The molecule has 2 rings (SSSR count). The van der Waals surface area contributed by atoms with E-state index in [1.165, 1.54) is 0 Å². The van der Waals surface area contributed by atoms with Gasteiger partial charge in [0.05, 0.1) is 24.2 Å². The lowest BCUT2D eigenvalue weighted by Crippen LogP contribution is -2.34. The van der Waals surface area contributed by atoms with E-state index < -0.39 is 0 Å². The first-order valence-electron chi connectivity index (χ1n) is 5.70. The van der Waals surface area contributed by atoms with Gasteiger partial charge in [-0.05, 0) is 19.1 Å². The molecule has 1 amide bonds. The largest absolute Gasteiger partial charge is 0.338 e. The highest BCUT2D eigenvalue weighted by atomic mass is 16.2. The number of fused-ring (bicyclic) bond motifs is 1. The first kappa shape index (κ1) is 12.1. The monoisotopic (exact) mass is 242 g/mol. The fourth-order valence-electron chi connectivity index (χ4n) is 1.74. The second kappa shape index (κ2) is 4.88. The minimum Gasteiger partial charge on any atom is -0.338 e. The number of nitriles is 1. The van der Waals surface area contributed by atoms with E-state index in [2.05, 4.69) is 16.3 Å². The zero-order valence-corrected chi connectivity index (χ0v) is 10.3. The van der Waals surface area contributed by atoms with Gasteiger partial charge >= 0.3 is 0 Å². The van der Waals surface area contributed by atoms with E-state index in [9.17, 15) is 4.79 Å². The molecule has 5 heteroatoms. The molecule has 1 N–H and O–H groups in total. The SMILES string of the molecule is CC(CC#N)N(C)C(=O)c1ccc2cn[nH]c2c1. The van der Waals surface area contributed by atoms with E-state index in [4.69, 9.17) is 5.26 Å². The van der Waals surface area contributed by atoms with Crippen LogP contribution in [0.15, 0.2) is 24.4 Å². The van der Waals surface area contributed by atoms with Gasteiger partial charge in [0, 0.05) is 24.0 Å². The Kier molecular flexibility index (Phi) is 3.28. The lowest BCUT2D eigenvalue weighted by molar-refractivity contribution is 0.0746. The molecule has 1 aromatic heterocycles. The second-order valence-electron chi connectivity index (χ2n) is 4.30. The number of aromatic amines is 1. The summed E-state index contributed by atoms with van der Waals surface area (Å²) in [5.74, 6) is -0.0887. The summed E-state index contributed by atoms with van der Waals surface area (Å²) in [6.45, 7) is 1.86. The Balaban J connectivity index is 2.25. The van der Waals surface area contributed by atoms with Crippen LogP contribution in [-0.2, 0) is 0 Å². The number of hydrogen-bond acceptors (Lipinski definition) is 3. The van der Waals surface area contributed by atoms with Crippen LogP contribution in [0.2, 0.25) is 0 Å². The second-order valence-corrected chi connectivity index (χ2v) is 4.30. The lowest BCUT2D eigenvalue weighted by Gasteiger charge is -2.22. The highest BCUT2D eigenvalue weighted by molar-refractivity contribution is 5.97. The van der Waals surface area contributed by atoms with Crippen molar-refractivity contribution in [3.05, 3.63) is 30.0 Å².